The number of esters is 1. The van der Waals surface area contributed by atoms with Gasteiger partial charge in [0.1, 0.15) is 10.6 Å². The first-order valence-electron chi connectivity index (χ1n) is 9.90. The number of sulfonamides is 1. The molecule has 1 amide bonds. The Morgan fingerprint density at radius 3 is 2.31 bits per heavy atom. The quantitative estimate of drug-likeness (QED) is 0.599. The largest absolute Gasteiger partial charge is 0.495 e. The van der Waals surface area contributed by atoms with Gasteiger partial charge in [0, 0.05) is 12.6 Å². The molecule has 0 fully saturated rings. The first-order chi connectivity index (χ1) is 14.7. The molecule has 1 aromatic heterocycles. The Balaban J connectivity index is 2.23. The van der Waals surface area contributed by atoms with Crippen molar-refractivity contribution in [3.8, 4) is 5.75 Å². The molecule has 0 aliphatic heterocycles. The van der Waals surface area contributed by atoms with E-state index in [1.54, 1.807) is 46.3 Å². The molecular formula is C21H30N4O6S. The Morgan fingerprint density at radius 2 is 1.81 bits per heavy atom. The molecule has 0 bridgehead atoms. The van der Waals surface area contributed by atoms with Crippen molar-refractivity contribution in [3.63, 3.8) is 0 Å². The van der Waals surface area contributed by atoms with Crippen LogP contribution in [0.25, 0.3) is 0 Å². The second-order valence-electron chi connectivity index (χ2n) is 8.43. The first kappa shape index (κ1) is 25.3. The van der Waals surface area contributed by atoms with Crippen molar-refractivity contribution in [1.82, 2.24) is 14.5 Å². The van der Waals surface area contributed by atoms with E-state index in [-0.39, 0.29) is 16.2 Å². The third-order valence-electron chi connectivity index (χ3n) is 4.54. The molecule has 0 aliphatic rings. The van der Waals surface area contributed by atoms with Gasteiger partial charge < -0.3 is 14.8 Å². The number of aryl methyl sites for hydroxylation is 2. The van der Waals surface area contributed by atoms with Crippen LogP contribution in [-0.4, -0.2) is 48.8 Å². The van der Waals surface area contributed by atoms with Crippen LogP contribution in [-0.2, 0) is 26.6 Å². The molecule has 1 atom stereocenters. The predicted octanol–water partition coefficient (Wildman–Crippen LogP) is 2.31. The van der Waals surface area contributed by atoms with E-state index in [9.17, 15) is 18.0 Å². The zero-order valence-electron chi connectivity index (χ0n) is 19.6. The van der Waals surface area contributed by atoms with E-state index >= 15 is 0 Å². The molecule has 0 aliphatic carbocycles. The zero-order valence-corrected chi connectivity index (χ0v) is 20.4. The number of rotatable bonds is 7. The third kappa shape index (κ3) is 5.86. The minimum Gasteiger partial charge on any atom is -0.495 e. The second kappa shape index (κ2) is 9.29. The summed E-state index contributed by atoms with van der Waals surface area (Å²) < 4.78 is 40.1. The van der Waals surface area contributed by atoms with E-state index in [0.717, 1.165) is 11.8 Å². The van der Waals surface area contributed by atoms with Crippen molar-refractivity contribution < 1.29 is 27.5 Å². The van der Waals surface area contributed by atoms with Gasteiger partial charge in [-0.2, -0.15) is 5.10 Å². The second-order valence-corrected chi connectivity index (χ2v) is 10.1. The molecule has 0 radical (unpaired) electrons. The Bertz CT molecular complexity index is 1130. The summed E-state index contributed by atoms with van der Waals surface area (Å²) in [5, 5.41) is 6.94. The van der Waals surface area contributed by atoms with Crippen molar-refractivity contribution in [1.29, 1.82) is 0 Å². The van der Waals surface area contributed by atoms with Crippen LogP contribution in [0.4, 0.5) is 5.69 Å². The number of carbonyl (C=O) groups excluding carboxylic acids is 2. The Morgan fingerprint density at radius 1 is 1.19 bits per heavy atom. The minimum absolute atomic E-state index is 0.0338. The molecule has 2 rings (SSSR count). The molecular weight excluding hydrogens is 436 g/mol. The fourth-order valence-electron chi connectivity index (χ4n) is 2.93. The summed E-state index contributed by atoms with van der Waals surface area (Å²) in [7, 11) is -0.894. The maximum Gasteiger partial charge on any atom is 0.338 e. The van der Waals surface area contributed by atoms with Crippen LogP contribution >= 0.6 is 0 Å². The van der Waals surface area contributed by atoms with Crippen molar-refractivity contribution in [2.45, 2.75) is 58.1 Å². The molecule has 2 N–H and O–H groups in total. The van der Waals surface area contributed by atoms with Gasteiger partial charge in [0.15, 0.2) is 6.10 Å². The molecule has 1 unspecified atom stereocenters. The van der Waals surface area contributed by atoms with E-state index in [0.29, 0.717) is 11.4 Å². The fourth-order valence-corrected chi connectivity index (χ4v) is 4.55. The molecule has 32 heavy (non-hydrogen) atoms. The van der Waals surface area contributed by atoms with E-state index in [1.165, 1.54) is 26.2 Å². The molecule has 2 aromatic rings. The lowest BCUT2D eigenvalue weighted by Gasteiger charge is -2.21. The summed E-state index contributed by atoms with van der Waals surface area (Å²) in [6.45, 7) is 10.1. The molecule has 0 spiro atoms. The number of anilines is 1. The van der Waals surface area contributed by atoms with Gasteiger partial charge in [-0.05, 0) is 59.7 Å². The van der Waals surface area contributed by atoms with Crippen LogP contribution in [0.5, 0.6) is 5.75 Å². The monoisotopic (exact) mass is 466 g/mol. The van der Waals surface area contributed by atoms with E-state index in [1.807, 2.05) is 0 Å². The van der Waals surface area contributed by atoms with Gasteiger partial charge in [-0.1, -0.05) is 0 Å². The lowest BCUT2D eigenvalue weighted by Crippen LogP contribution is -2.40. The smallest absolute Gasteiger partial charge is 0.338 e. The van der Waals surface area contributed by atoms with Crippen LogP contribution in [0.3, 0.4) is 0 Å². The van der Waals surface area contributed by atoms with Crippen molar-refractivity contribution >= 4 is 27.6 Å². The highest BCUT2D eigenvalue weighted by atomic mass is 32.2. The van der Waals surface area contributed by atoms with Crippen LogP contribution in [0.15, 0.2) is 23.1 Å². The summed E-state index contributed by atoms with van der Waals surface area (Å²) >= 11 is 0. The Kier molecular flexibility index (Phi) is 7.36. The van der Waals surface area contributed by atoms with Crippen LogP contribution < -0.4 is 14.8 Å². The number of carbonyl (C=O) groups is 2. The van der Waals surface area contributed by atoms with Gasteiger partial charge >= 0.3 is 5.97 Å². The number of hydrogen-bond donors (Lipinski definition) is 2. The number of ether oxygens (including phenoxy) is 2. The number of nitrogens with zero attached hydrogens (tertiary/aromatic N) is 2. The normalized spacial score (nSPS) is 12.9. The lowest BCUT2D eigenvalue weighted by molar-refractivity contribution is -0.123. The summed E-state index contributed by atoms with van der Waals surface area (Å²) in [6.07, 6.45) is -1.13. The summed E-state index contributed by atoms with van der Waals surface area (Å²) in [5.41, 5.74) is 1.16. The summed E-state index contributed by atoms with van der Waals surface area (Å²) in [6, 6.07) is 3.90. The number of amides is 1. The first-order valence-corrected chi connectivity index (χ1v) is 11.4. The Hall–Kier alpha value is -2.92. The molecule has 10 nitrogen and oxygen atoms in total. The SMILES string of the molecule is COc1ccc(C(=O)OC(C)C(=O)Nc2c(C)nn(C)c2C)cc1S(=O)(=O)NC(C)(C)C. The number of nitrogens with one attached hydrogen (secondary N) is 2. The molecule has 176 valence electrons. The fraction of sp³-hybridized carbons (Fsp3) is 0.476. The van der Waals surface area contributed by atoms with Gasteiger partial charge in [0.05, 0.1) is 29.7 Å². The molecule has 0 saturated carbocycles. The number of benzene rings is 1. The van der Waals surface area contributed by atoms with E-state index in [2.05, 4.69) is 15.1 Å². The molecule has 1 aromatic carbocycles. The minimum atomic E-state index is -3.98. The lowest BCUT2D eigenvalue weighted by atomic mass is 10.1. The van der Waals surface area contributed by atoms with Gasteiger partial charge in [-0.15, -0.1) is 0 Å². The predicted molar refractivity (Wildman–Crippen MR) is 119 cm³/mol. The number of aromatic nitrogens is 2. The van der Waals surface area contributed by atoms with Crippen molar-refractivity contribution in [3.05, 3.63) is 35.2 Å². The third-order valence-corrected chi connectivity index (χ3v) is 6.32. The van der Waals surface area contributed by atoms with Crippen molar-refractivity contribution in [2.24, 2.45) is 7.05 Å². The van der Waals surface area contributed by atoms with Gasteiger partial charge in [-0.25, -0.2) is 17.9 Å². The Labute approximate surface area is 188 Å². The van der Waals surface area contributed by atoms with Gasteiger partial charge in [-0.3, -0.25) is 9.48 Å². The maximum atomic E-state index is 12.8. The average molecular weight is 467 g/mol. The summed E-state index contributed by atoms with van der Waals surface area (Å²) in [4.78, 5) is 25.0. The standard InChI is InChI=1S/C21H30N4O6S/c1-12-18(13(2)25(7)23-12)22-19(26)14(3)31-20(27)15-9-10-16(30-8)17(11-15)32(28,29)24-21(4,5)6/h9-11,14,24H,1-8H3,(H,22,26). The molecule has 11 heteroatoms. The highest BCUT2D eigenvalue weighted by Gasteiger charge is 2.28. The topological polar surface area (TPSA) is 129 Å². The highest BCUT2D eigenvalue weighted by Crippen LogP contribution is 2.26. The number of methoxy groups -OCH3 is 1. The molecule has 0 saturated heterocycles. The molecule has 1 heterocycles. The van der Waals surface area contributed by atoms with Crippen LogP contribution in [0.1, 0.15) is 49.4 Å². The average Bonchev–Trinajstić information content (AvgIpc) is 2.91. The van der Waals surface area contributed by atoms with E-state index in [4.69, 9.17) is 9.47 Å². The summed E-state index contributed by atoms with van der Waals surface area (Å²) in [5.74, 6) is -1.30. The van der Waals surface area contributed by atoms with E-state index < -0.39 is 33.5 Å². The maximum absolute atomic E-state index is 12.8. The zero-order chi connectivity index (χ0) is 24.4. The van der Waals surface area contributed by atoms with Crippen LogP contribution in [0.2, 0.25) is 0 Å². The highest BCUT2D eigenvalue weighted by molar-refractivity contribution is 7.89. The van der Waals surface area contributed by atoms with Gasteiger partial charge in [0.2, 0.25) is 10.0 Å². The van der Waals surface area contributed by atoms with Crippen molar-refractivity contribution in [2.75, 3.05) is 12.4 Å². The van der Waals surface area contributed by atoms with Gasteiger partial charge in [0.25, 0.3) is 5.91 Å². The number of hydrogen-bond acceptors (Lipinski definition) is 7. The van der Waals surface area contributed by atoms with Crippen LogP contribution in [0, 0.1) is 13.8 Å².